The molecule has 0 aromatic heterocycles. The number of carbonyl (C=O) groups is 1. The van der Waals surface area contributed by atoms with E-state index in [1.807, 2.05) is 0 Å². The maximum Gasteiger partial charge on any atom is 0.411 e. The third-order valence-corrected chi connectivity index (χ3v) is 2.69. The van der Waals surface area contributed by atoms with Crippen LogP contribution in [0.4, 0.5) is 18.9 Å². The molecule has 0 radical (unpaired) electrons. The highest BCUT2D eigenvalue weighted by molar-refractivity contribution is 5.91. The summed E-state index contributed by atoms with van der Waals surface area (Å²) < 4.78 is 45.4. The van der Waals surface area contributed by atoms with Gasteiger partial charge in [0.15, 0.2) is 0 Å². The molecule has 1 aliphatic heterocycles. The minimum absolute atomic E-state index is 0.488. The molecule has 116 valence electrons. The summed E-state index contributed by atoms with van der Waals surface area (Å²) in [5.74, 6) is 0.0908. The molecule has 0 saturated carbocycles. The zero-order valence-corrected chi connectivity index (χ0v) is 11.1. The van der Waals surface area contributed by atoms with Gasteiger partial charge in [-0.1, -0.05) is 0 Å². The monoisotopic (exact) mass is 304 g/mol. The predicted octanol–water partition coefficient (Wildman–Crippen LogP) is 1.69. The van der Waals surface area contributed by atoms with Crippen molar-refractivity contribution in [2.24, 2.45) is 0 Å². The van der Waals surface area contributed by atoms with Gasteiger partial charge in [0.1, 0.15) is 25.6 Å². The molecule has 1 amide bonds. The summed E-state index contributed by atoms with van der Waals surface area (Å²) in [6, 6.07) is 5.07. The lowest BCUT2D eigenvalue weighted by molar-refractivity contribution is -0.174. The highest BCUT2D eigenvalue weighted by Gasteiger charge is 2.27. The Bertz CT molecular complexity index is 506. The number of alkyl halides is 3. The molecule has 1 aromatic rings. The van der Waals surface area contributed by atoms with Crippen molar-refractivity contribution in [3.63, 3.8) is 0 Å². The van der Waals surface area contributed by atoms with Crippen LogP contribution in [-0.4, -0.2) is 38.4 Å². The van der Waals surface area contributed by atoms with Crippen LogP contribution in [0, 0.1) is 0 Å². The van der Waals surface area contributed by atoms with Crippen molar-refractivity contribution in [3.05, 3.63) is 23.8 Å². The van der Waals surface area contributed by atoms with Crippen LogP contribution in [0.15, 0.2) is 18.2 Å². The Balaban J connectivity index is 1.88. The fourth-order valence-corrected chi connectivity index (χ4v) is 1.85. The molecule has 0 spiro atoms. The van der Waals surface area contributed by atoms with E-state index >= 15 is 0 Å². The van der Waals surface area contributed by atoms with E-state index in [9.17, 15) is 18.0 Å². The van der Waals surface area contributed by atoms with Gasteiger partial charge in [0.05, 0.1) is 0 Å². The van der Waals surface area contributed by atoms with E-state index in [0.29, 0.717) is 18.8 Å². The molecular formula is C13H15F3N2O3. The fourth-order valence-electron chi connectivity index (χ4n) is 1.85. The Labute approximate surface area is 119 Å². The number of hydrogen-bond acceptors (Lipinski definition) is 4. The average molecular weight is 304 g/mol. The van der Waals surface area contributed by atoms with Gasteiger partial charge in [0, 0.05) is 24.3 Å². The highest BCUT2D eigenvalue weighted by atomic mass is 19.4. The van der Waals surface area contributed by atoms with Crippen LogP contribution in [0.25, 0.3) is 0 Å². The second-order valence-electron chi connectivity index (χ2n) is 4.50. The van der Waals surface area contributed by atoms with Crippen LogP contribution in [0.3, 0.4) is 0 Å². The van der Waals surface area contributed by atoms with Crippen molar-refractivity contribution in [2.75, 3.05) is 31.7 Å². The molecule has 2 rings (SSSR count). The molecule has 5 nitrogen and oxygen atoms in total. The largest absolute Gasteiger partial charge is 0.492 e. The van der Waals surface area contributed by atoms with Gasteiger partial charge >= 0.3 is 6.18 Å². The lowest BCUT2D eigenvalue weighted by atomic mass is 10.1. The van der Waals surface area contributed by atoms with Crippen LogP contribution < -0.4 is 15.4 Å². The van der Waals surface area contributed by atoms with Crippen LogP contribution in [0.2, 0.25) is 0 Å². The Kier molecular flexibility index (Phi) is 5.03. The molecule has 1 aromatic carbocycles. The zero-order chi connectivity index (χ0) is 15.3. The minimum atomic E-state index is -4.44. The van der Waals surface area contributed by atoms with Gasteiger partial charge in [-0.05, 0) is 18.2 Å². The molecular weight excluding hydrogens is 289 g/mol. The fraction of sp³-hybridized carbons (Fsp3) is 0.462. The number of nitrogens with one attached hydrogen (secondary N) is 2. The second-order valence-corrected chi connectivity index (χ2v) is 4.50. The van der Waals surface area contributed by atoms with E-state index in [1.165, 1.54) is 0 Å². The summed E-state index contributed by atoms with van der Waals surface area (Å²) in [5, 5.41) is 5.63. The SMILES string of the molecule is O=C(COCC(F)(F)F)Nc1ccc2c(c1)CNCCO2. The molecule has 0 aliphatic carbocycles. The number of hydrogen-bond donors (Lipinski definition) is 2. The summed E-state index contributed by atoms with van der Waals surface area (Å²) in [4.78, 5) is 11.5. The second kappa shape index (κ2) is 6.77. The van der Waals surface area contributed by atoms with Gasteiger partial charge in [0.2, 0.25) is 5.91 Å². The van der Waals surface area contributed by atoms with Crippen molar-refractivity contribution in [1.82, 2.24) is 5.32 Å². The maximum absolute atomic E-state index is 11.9. The smallest absolute Gasteiger partial charge is 0.411 e. The van der Waals surface area contributed by atoms with Gasteiger partial charge in [-0.15, -0.1) is 0 Å². The Morgan fingerprint density at radius 3 is 3.00 bits per heavy atom. The number of halogens is 3. The Morgan fingerprint density at radius 1 is 1.43 bits per heavy atom. The van der Waals surface area contributed by atoms with Crippen LogP contribution in [0.1, 0.15) is 5.56 Å². The summed E-state index contributed by atoms with van der Waals surface area (Å²) in [6.07, 6.45) is -4.44. The van der Waals surface area contributed by atoms with Gasteiger partial charge in [-0.2, -0.15) is 13.2 Å². The topological polar surface area (TPSA) is 59.6 Å². The molecule has 2 N–H and O–H groups in total. The Morgan fingerprint density at radius 2 is 2.24 bits per heavy atom. The molecule has 8 heteroatoms. The minimum Gasteiger partial charge on any atom is -0.492 e. The summed E-state index contributed by atoms with van der Waals surface area (Å²) in [7, 11) is 0. The van der Waals surface area contributed by atoms with E-state index in [-0.39, 0.29) is 0 Å². The Hall–Kier alpha value is -1.80. The first-order chi connectivity index (χ1) is 9.94. The third kappa shape index (κ3) is 5.24. The van der Waals surface area contributed by atoms with E-state index in [4.69, 9.17) is 4.74 Å². The molecule has 0 saturated heterocycles. The van der Waals surface area contributed by atoms with Gasteiger partial charge in [-0.3, -0.25) is 4.79 Å². The summed E-state index contributed by atoms with van der Waals surface area (Å²) in [5.41, 5.74) is 1.36. The zero-order valence-electron chi connectivity index (χ0n) is 11.1. The third-order valence-electron chi connectivity index (χ3n) is 2.69. The first-order valence-electron chi connectivity index (χ1n) is 6.35. The van der Waals surface area contributed by atoms with E-state index in [0.717, 1.165) is 17.9 Å². The number of carbonyl (C=O) groups excluding carboxylic acids is 1. The van der Waals surface area contributed by atoms with E-state index in [2.05, 4.69) is 15.4 Å². The molecule has 0 fully saturated rings. The summed E-state index contributed by atoms with van der Waals surface area (Å²) in [6.45, 7) is -0.205. The van der Waals surface area contributed by atoms with Crippen LogP contribution in [-0.2, 0) is 16.1 Å². The average Bonchev–Trinajstić information content (AvgIpc) is 2.61. The number of rotatable bonds is 4. The van der Waals surface area contributed by atoms with Crippen molar-refractivity contribution in [2.45, 2.75) is 12.7 Å². The summed E-state index contributed by atoms with van der Waals surface area (Å²) >= 11 is 0. The normalized spacial score (nSPS) is 14.8. The van der Waals surface area contributed by atoms with Gasteiger partial charge in [0.25, 0.3) is 0 Å². The standard InChI is InChI=1S/C13H15F3N2O3/c14-13(15,16)8-20-7-12(19)18-10-1-2-11-9(5-10)6-17-3-4-21-11/h1-2,5,17H,3-4,6-8H2,(H,18,19). The number of benzene rings is 1. The van der Waals surface area contributed by atoms with Crippen LogP contribution in [0.5, 0.6) is 5.75 Å². The number of fused-ring (bicyclic) bond motifs is 1. The molecule has 1 heterocycles. The first-order valence-corrected chi connectivity index (χ1v) is 6.35. The number of amides is 1. The highest BCUT2D eigenvalue weighted by Crippen LogP contribution is 2.24. The molecule has 0 unspecified atom stereocenters. The van der Waals surface area contributed by atoms with Gasteiger partial charge < -0.3 is 20.1 Å². The van der Waals surface area contributed by atoms with Crippen molar-refractivity contribution in [1.29, 1.82) is 0 Å². The van der Waals surface area contributed by atoms with E-state index in [1.54, 1.807) is 18.2 Å². The maximum atomic E-state index is 11.9. The quantitative estimate of drug-likeness (QED) is 0.888. The number of ether oxygens (including phenoxy) is 2. The van der Waals surface area contributed by atoms with Crippen molar-refractivity contribution < 1.29 is 27.4 Å². The van der Waals surface area contributed by atoms with Crippen LogP contribution >= 0.6 is 0 Å². The lowest BCUT2D eigenvalue weighted by Crippen LogP contribution is -2.24. The molecule has 21 heavy (non-hydrogen) atoms. The first kappa shape index (κ1) is 15.6. The molecule has 0 atom stereocenters. The molecule has 0 bridgehead atoms. The lowest BCUT2D eigenvalue weighted by Gasteiger charge is -2.11. The van der Waals surface area contributed by atoms with Gasteiger partial charge in [-0.25, -0.2) is 0 Å². The van der Waals surface area contributed by atoms with Crippen molar-refractivity contribution in [3.8, 4) is 5.75 Å². The molecule has 1 aliphatic rings. The van der Waals surface area contributed by atoms with E-state index < -0.39 is 25.3 Å². The number of anilines is 1. The predicted molar refractivity (Wildman–Crippen MR) is 69.1 cm³/mol. The van der Waals surface area contributed by atoms with Crippen molar-refractivity contribution >= 4 is 11.6 Å².